The lowest BCUT2D eigenvalue weighted by Gasteiger charge is -2.40. The summed E-state index contributed by atoms with van der Waals surface area (Å²) in [4.78, 5) is 0. The lowest BCUT2D eigenvalue weighted by molar-refractivity contribution is 0.125. The molecule has 0 N–H and O–H groups in total. The summed E-state index contributed by atoms with van der Waals surface area (Å²) >= 11 is 0. The average molecular weight is 511 g/mol. The van der Waals surface area contributed by atoms with Gasteiger partial charge in [-0.1, -0.05) is 12.1 Å². The predicted molar refractivity (Wildman–Crippen MR) is 137 cm³/mol. The van der Waals surface area contributed by atoms with Gasteiger partial charge in [0.1, 0.15) is 0 Å². The van der Waals surface area contributed by atoms with Gasteiger partial charge in [0.05, 0.1) is 0 Å². The molecule has 0 spiro atoms. The van der Waals surface area contributed by atoms with Crippen LogP contribution in [0.15, 0.2) is 12.3 Å². The van der Waals surface area contributed by atoms with Crippen LogP contribution < -0.4 is 0 Å². The Morgan fingerprint density at radius 3 is 2.00 bits per heavy atom. The third kappa shape index (κ3) is 9.21. The molecule has 0 saturated carbocycles. The molecule has 30 heavy (non-hydrogen) atoms. The predicted octanol–water partition coefficient (Wildman–Crippen LogP) is 5.49. The van der Waals surface area contributed by atoms with E-state index in [1.807, 2.05) is 0 Å². The summed E-state index contributed by atoms with van der Waals surface area (Å²) in [6.07, 6.45) is 2.31. The summed E-state index contributed by atoms with van der Waals surface area (Å²) in [7, 11) is -5.37. The highest BCUT2D eigenvalue weighted by molar-refractivity contribution is 6.88. The van der Waals surface area contributed by atoms with Gasteiger partial charge in [0.25, 0.3) is 0 Å². The Bertz CT molecular complexity index is 537. The van der Waals surface area contributed by atoms with Gasteiger partial charge in [-0.25, -0.2) is 0 Å². The Balaban J connectivity index is 2.73. The van der Waals surface area contributed by atoms with E-state index in [9.17, 15) is 0 Å². The third-order valence-electron chi connectivity index (χ3n) is 6.06. The minimum Gasteiger partial charge on any atom is -0.456 e. The average Bonchev–Trinajstić information content (AvgIpc) is 2.66. The van der Waals surface area contributed by atoms with Gasteiger partial charge in [-0.3, -0.25) is 0 Å². The van der Waals surface area contributed by atoms with Crippen LogP contribution in [0, 0.1) is 0 Å². The fraction of sp³-hybridized carbons (Fsp3) is 0.895. The third-order valence-corrected chi connectivity index (χ3v) is 24.9. The minimum atomic E-state index is -2.56. The van der Waals surface area contributed by atoms with E-state index in [0.29, 0.717) is 0 Å². The lowest BCUT2D eigenvalue weighted by atomic mass is 10.4. The molecule has 1 aliphatic heterocycles. The first-order valence-electron chi connectivity index (χ1n) is 11.1. The van der Waals surface area contributed by atoms with Crippen LogP contribution in [0.25, 0.3) is 0 Å². The van der Waals surface area contributed by atoms with Crippen LogP contribution in [-0.4, -0.2) is 70.3 Å². The first-order chi connectivity index (χ1) is 13.8. The van der Waals surface area contributed by atoms with E-state index in [1.165, 1.54) is 6.42 Å². The first kappa shape index (κ1) is 28.6. The second-order valence-corrected chi connectivity index (χ2v) is 29.3. The van der Waals surface area contributed by atoms with Gasteiger partial charge in [-0.2, -0.15) is 0 Å². The topological polar surface area (TPSA) is 55.4 Å². The molecule has 0 aliphatic carbocycles. The fourth-order valence-corrected chi connectivity index (χ4v) is 27.1. The van der Waals surface area contributed by atoms with Crippen molar-refractivity contribution in [1.29, 1.82) is 0 Å². The molecule has 2 atom stereocenters. The summed E-state index contributed by atoms with van der Waals surface area (Å²) in [5, 5.41) is 0. The molecule has 0 aromatic heterocycles. The van der Waals surface area contributed by atoms with Crippen LogP contribution >= 0.6 is 0 Å². The van der Waals surface area contributed by atoms with Crippen molar-refractivity contribution in [3.63, 3.8) is 0 Å². The molecule has 0 aromatic rings. The Morgan fingerprint density at radius 1 is 0.900 bits per heavy atom. The molecule has 0 radical (unpaired) electrons. The van der Waals surface area contributed by atoms with Crippen molar-refractivity contribution < 1.29 is 25.9 Å². The van der Waals surface area contributed by atoms with E-state index in [-0.39, 0.29) is 0 Å². The van der Waals surface area contributed by atoms with Gasteiger partial charge in [-0.05, 0) is 69.9 Å². The summed E-state index contributed by atoms with van der Waals surface area (Å²) in [5.74, 6) is 0. The maximum Gasteiger partial charge on any atom is 0.499 e. The van der Waals surface area contributed by atoms with Crippen LogP contribution in [0.3, 0.4) is 0 Å². The molecule has 1 rings (SSSR count). The Kier molecular flexibility index (Phi) is 11.1. The quantitative estimate of drug-likeness (QED) is 0.324. The monoisotopic (exact) mass is 510 g/mol. The molecule has 1 saturated heterocycles. The molecule has 2 unspecified atom stereocenters. The normalized spacial score (nSPS) is 26.8. The molecule has 0 amide bonds. The van der Waals surface area contributed by atoms with Crippen LogP contribution in [0.4, 0.5) is 0 Å². The van der Waals surface area contributed by atoms with Crippen molar-refractivity contribution >= 4 is 42.3 Å². The van der Waals surface area contributed by atoms with Crippen LogP contribution in [-0.2, 0) is 25.9 Å². The fourth-order valence-electron chi connectivity index (χ4n) is 4.10. The Morgan fingerprint density at radius 2 is 1.47 bits per heavy atom. The van der Waals surface area contributed by atoms with Crippen molar-refractivity contribution in [2.75, 3.05) is 27.9 Å². The highest BCUT2D eigenvalue weighted by atomic mass is 28.4. The maximum absolute atomic E-state index is 6.86. The smallest absolute Gasteiger partial charge is 0.456 e. The minimum absolute atomic E-state index is 0.794. The summed E-state index contributed by atoms with van der Waals surface area (Å²) in [6, 6.07) is 4.98. The second kappa shape index (κ2) is 11.6. The van der Waals surface area contributed by atoms with Crippen LogP contribution in [0.1, 0.15) is 12.8 Å². The van der Waals surface area contributed by atoms with E-state index in [2.05, 4.69) is 51.6 Å². The van der Waals surface area contributed by atoms with E-state index in [1.54, 1.807) is 21.3 Å². The van der Waals surface area contributed by atoms with Gasteiger partial charge in [0, 0.05) is 34.0 Å². The van der Waals surface area contributed by atoms with E-state index < -0.39 is 42.3 Å². The zero-order valence-electron chi connectivity index (χ0n) is 20.9. The van der Waals surface area contributed by atoms with Gasteiger partial charge in [0.15, 0.2) is 16.6 Å². The van der Waals surface area contributed by atoms with Gasteiger partial charge < -0.3 is 25.9 Å². The molecule has 11 heteroatoms. The molecule has 1 heterocycles. The summed E-state index contributed by atoms with van der Waals surface area (Å²) in [6.45, 7) is 18.7. The lowest BCUT2D eigenvalue weighted by Crippen LogP contribution is -2.52. The van der Waals surface area contributed by atoms with E-state index >= 15 is 0 Å². The van der Waals surface area contributed by atoms with Crippen molar-refractivity contribution in [2.45, 2.75) is 82.3 Å². The number of rotatable bonds is 12. The molecule has 1 aliphatic rings. The SMILES string of the molecule is C=C[Si]1(C)CCCCO[Si](C)(CC[Si](C)(C)O[Si](C)(C)CC[Si](OC)(OC)OC)O1. The molecule has 0 aromatic carbocycles. The van der Waals surface area contributed by atoms with Crippen molar-refractivity contribution in [1.82, 2.24) is 0 Å². The second-order valence-electron chi connectivity index (χ2n) is 9.98. The standard InChI is InChI=1S/C19H46O6Si5/c1-11-28(9)15-13-12-14-23-29(10,25-28)18-16-26(5,6)24-27(7,8)17-19-30(20-2,21-3)22-4/h11H,1,12-19H2,2-10H3. The number of hydrogen-bond donors (Lipinski definition) is 0. The molecule has 178 valence electrons. The zero-order chi connectivity index (χ0) is 23.1. The molecular weight excluding hydrogens is 465 g/mol. The van der Waals surface area contributed by atoms with Crippen molar-refractivity contribution in [2.24, 2.45) is 0 Å². The van der Waals surface area contributed by atoms with Crippen LogP contribution in [0.2, 0.25) is 69.5 Å². The van der Waals surface area contributed by atoms with E-state index in [4.69, 9.17) is 25.9 Å². The Labute approximate surface area is 190 Å². The highest BCUT2D eigenvalue weighted by Gasteiger charge is 2.45. The van der Waals surface area contributed by atoms with Crippen molar-refractivity contribution in [3.05, 3.63) is 12.3 Å². The van der Waals surface area contributed by atoms with Gasteiger partial charge >= 0.3 is 17.4 Å². The summed E-state index contributed by atoms with van der Waals surface area (Å²) < 4.78 is 36.8. The highest BCUT2D eigenvalue weighted by Crippen LogP contribution is 2.33. The van der Waals surface area contributed by atoms with Crippen LogP contribution in [0.5, 0.6) is 0 Å². The molecular formula is C19H46O6Si5. The zero-order valence-corrected chi connectivity index (χ0v) is 25.9. The first-order valence-corrected chi connectivity index (χ1v) is 24.5. The van der Waals surface area contributed by atoms with Gasteiger partial charge in [-0.15, -0.1) is 6.58 Å². The largest absolute Gasteiger partial charge is 0.499 e. The summed E-state index contributed by atoms with van der Waals surface area (Å²) in [5.41, 5.74) is 2.10. The number of hydrogen-bond acceptors (Lipinski definition) is 6. The molecule has 0 bridgehead atoms. The Hall–Kier alpha value is 0.584. The molecule has 6 nitrogen and oxygen atoms in total. The maximum atomic E-state index is 6.86. The van der Waals surface area contributed by atoms with Gasteiger partial charge in [0.2, 0.25) is 8.32 Å². The van der Waals surface area contributed by atoms with E-state index in [0.717, 1.165) is 43.2 Å². The van der Waals surface area contributed by atoms with Crippen molar-refractivity contribution in [3.8, 4) is 0 Å². The molecule has 1 fully saturated rings.